The molecular weight excluding hydrogens is 339 g/mol. The molecular formula is C17H14Cl2O4. The van der Waals surface area contributed by atoms with Gasteiger partial charge in [0.2, 0.25) is 5.75 Å². The fraction of sp³-hybridized carbons (Fsp3) is 0.118. The Hall–Kier alpha value is -2.17. The van der Waals surface area contributed by atoms with Gasteiger partial charge in [0, 0.05) is 5.56 Å². The quantitative estimate of drug-likeness (QED) is 0.630. The van der Waals surface area contributed by atoms with Gasteiger partial charge in [-0.1, -0.05) is 29.3 Å². The molecule has 0 fully saturated rings. The minimum Gasteiger partial charge on any atom is -0.502 e. The van der Waals surface area contributed by atoms with Gasteiger partial charge in [-0.25, -0.2) is 0 Å². The van der Waals surface area contributed by atoms with Crippen molar-refractivity contribution < 1.29 is 19.4 Å². The number of phenolic OH excluding ortho intramolecular Hbond substituents is 1. The van der Waals surface area contributed by atoms with E-state index in [0.29, 0.717) is 21.2 Å². The molecule has 4 nitrogen and oxygen atoms in total. The molecule has 0 saturated heterocycles. The number of methoxy groups -OCH3 is 2. The van der Waals surface area contributed by atoms with Gasteiger partial charge in [0.05, 0.1) is 24.3 Å². The van der Waals surface area contributed by atoms with Crippen LogP contribution in [0.1, 0.15) is 15.9 Å². The molecule has 0 amide bonds. The van der Waals surface area contributed by atoms with Crippen LogP contribution in [0.4, 0.5) is 0 Å². The number of hydrogen-bond acceptors (Lipinski definition) is 4. The first-order valence-corrected chi connectivity index (χ1v) is 7.34. The van der Waals surface area contributed by atoms with Gasteiger partial charge in [-0.05, 0) is 42.0 Å². The van der Waals surface area contributed by atoms with E-state index in [4.69, 9.17) is 32.7 Å². The van der Waals surface area contributed by atoms with Gasteiger partial charge in [-0.2, -0.15) is 0 Å². The summed E-state index contributed by atoms with van der Waals surface area (Å²) in [5.41, 5.74) is 1.07. The summed E-state index contributed by atoms with van der Waals surface area (Å²) in [4.78, 5) is 12.2. The summed E-state index contributed by atoms with van der Waals surface area (Å²) in [6.07, 6.45) is 2.99. The Labute approximate surface area is 143 Å². The molecule has 23 heavy (non-hydrogen) atoms. The maximum atomic E-state index is 12.2. The highest BCUT2D eigenvalue weighted by molar-refractivity contribution is 6.42. The number of carbonyl (C=O) groups is 1. The van der Waals surface area contributed by atoms with Gasteiger partial charge in [0.25, 0.3) is 0 Å². The number of ether oxygens (including phenoxy) is 2. The molecule has 0 aliphatic carbocycles. The van der Waals surface area contributed by atoms with E-state index in [-0.39, 0.29) is 23.0 Å². The van der Waals surface area contributed by atoms with Crippen molar-refractivity contribution in [2.24, 2.45) is 0 Å². The SMILES string of the molecule is COc1cc(C=CC(=O)c2ccc(Cl)c(Cl)c2)cc(OC)c1O. The van der Waals surface area contributed by atoms with Gasteiger partial charge in [0.15, 0.2) is 17.3 Å². The van der Waals surface area contributed by atoms with E-state index in [1.54, 1.807) is 30.3 Å². The lowest BCUT2D eigenvalue weighted by molar-refractivity contribution is 0.104. The first-order valence-electron chi connectivity index (χ1n) is 6.58. The van der Waals surface area contributed by atoms with Gasteiger partial charge < -0.3 is 14.6 Å². The van der Waals surface area contributed by atoms with Crippen LogP contribution in [0.5, 0.6) is 17.2 Å². The Morgan fingerprint density at radius 3 is 2.17 bits per heavy atom. The Morgan fingerprint density at radius 1 is 1.04 bits per heavy atom. The van der Waals surface area contributed by atoms with Crippen LogP contribution in [0.25, 0.3) is 6.08 Å². The number of allylic oxidation sites excluding steroid dienone is 1. The van der Waals surface area contributed by atoms with Crippen LogP contribution in [-0.2, 0) is 0 Å². The summed E-state index contributed by atoms with van der Waals surface area (Å²) >= 11 is 11.7. The smallest absolute Gasteiger partial charge is 0.200 e. The lowest BCUT2D eigenvalue weighted by atomic mass is 10.1. The number of phenols is 1. The molecule has 2 rings (SSSR count). The molecule has 120 valence electrons. The molecule has 0 bridgehead atoms. The maximum absolute atomic E-state index is 12.2. The van der Waals surface area contributed by atoms with E-state index < -0.39 is 0 Å². The van der Waals surface area contributed by atoms with Gasteiger partial charge in [-0.15, -0.1) is 0 Å². The van der Waals surface area contributed by atoms with Gasteiger partial charge in [0.1, 0.15) is 0 Å². The van der Waals surface area contributed by atoms with Crippen LogP contribution in [-0.4, -0.2) is 25.1 Å². The highest BCUT2D eigenvalue weighted by Crippen LogP contribution is 2.37. The number of benzene rings is 2. The summed E-state index contributed by atoms with van der Waals surface area (Å²) in [7, 11) is 2.87. The summed E-state index contributed by atoms with van der Waals surface area (Å²) in [5, 5.41) is 10.6. The molecule has 0 aliphatic heterocycles. The molecule has 0 aliphatic rings. The fourth-order valence-corrected chi connectivity index (χ4v) is 2.23. The molecule has 0 unspecified atom stereocenters. The van der Waals surface area contributed by atoms with Crippen molar-refractivity contribution >= 4 is 35.1 Å². The van der Waals surface area contributed by atoms with Gasteiger partial charge in [-0.3, -0.25) is 4.79 Å². The minimum absolute atomic E-state index is 0.0945. The second kappa shape index (κ2) is 7.40. The first-order chi connectivity index (χ1) is 11.0. The largest absolute Gasteiger partial charge is 0.502 e. The molecule has 0 heterocycles. The summed E-state index contributed by atoms with van der Waals surface area (Å²) < 4.78 is 10.1. The lowest BCUT2D eigenvalue weighted by Gasteiger charge is -2.09. The molecule has 2 aromatic rings. The third-order valence-electron chi connectivity index (χ3n) is 3.13. The van der Waals surface area contributed by atoms with Crippen molar-refractivity contribution in [2.75, 3.05) is 14.2 Å². The fourth-order valence-electron chi connectivity index (χ4n) is 1.93. The number of halogens is 2. The van der Waals surface area contributed by atoms with Crippen molar-refractivity contribution in [1.82, 2.24) is 0 Å². The number of rotatable bonds is 5. The number of ketones is 1. The van der Waals surface area contributed by atoms with E-state index in [9.17, 15) is 9.90 Å². The second-order valence-corrected chi connectivity index (χ2v) is 5.41. The topological polar surface area (TPSA) is 55.8 Å². The molecule has 0 saturated carbocycles. The molecule has 1 N–H and O–H groups in total. The third-order valence-corrected chi connectivity index (χ3v) is 3.87. The Bertz CT molecular complexity index is 744. The number of aromatic hydroxyl groups is 1. The molecule has 0 spiro atoms. The molecule has 2 aromatic carbocycles. The summed E-state index contributed by atoms with van der Waals surface area (Å²) in [6.45, 7) is 0. The van der Waals surface area contributed by atoms with Crippen LogP contribution in [0, 0.1) is 0 Å². The highest BCUT2D eigenvalue weighted by atomic mass is 35.5. The predicted octanol–water partition coefficient (Wildman–Crippen LogP) is 4.61. The van der Waals surface area contributed by atoms with Crippen LogP contribution in [0.15, 0.2) is 36.4 Å². The molecule has 0 radical (unpaired) electrons. The zero-order chi connectivity index (χ0) is 17.0. The predicted molar refractivity (Wildman–Crippen MR) is 91.0 cm³/mol. The first kappa shape index (κ1) is 17.2. The Kier molecular flexibility index (Phi) is 5.53. The monoisotopic (exact) mass is 352 g/mol. The average Bonchev–Trinajstić information content (AvgIpc) is 2.55. The van der Waals surface area contributed by atoms with E-state index in [2.05, 4.69) is 0 Å². The Morgan fingerprint density at radius 2 is 1.65 bits per heavy atom. The average molecular weight is 353 g/mol. The van der Waals surface area contributed by atoms with Crippen molar-refractivity contribution in [3.63, 3.8) is 0 Å². The van der Waals surface area contributed by atoms with Crippen LogP contribution >= 0.6 is 23.2 Å². The van der Waals surface area contributed by atoms with Crippen molar-refractivity contribution in [1.29, 1.82) is 0 Å². The van der Waals surface area contributed by atoms with Gasteiger partial charge >= 0.3 is 0 Å². The third kappa shape index (κ3) is 3.97. The second-order valence-electron chi connectivity index (χ2n) is 4.60. The number of hydrogen-bond donors (Lipinski definition) is 1. The molecule has 6 heteroatoms. The molecule has 0 atom stereocenters. The van der Waals surface area contributed by atoms with Crippen LogP contribution in [0.3, 0.4) is 0 Å². The zero-order valence-electron chi connectivity index (χ0n) is 12.5. The van der Waals surface area contributed by atoms with E-state index in [1.165, 1.54) is 26.4 Å². The molecule has 0 aromatic heterocycles. The number of carbonyl (C=O) groups excluding carboxylic acids is 1. The van der Waals surface area contributed by atoms with Crippen LogP contribution in [0.2, 0.25) is 10.0 Å². The highest BCUT2D eigenvalue weighted by Gasteiger charge is 2.10. The van der Waals surface area contributed by atoms with E-state index >= 15 is 0 Å². The lowest BCUT2D eigenvalue weighted by Crippen LogP contribution is -1.94. The zero-order valence-corrected chi connectivity index (χ0v) is 14.0. The minimum atomic E-state index is -0.227. The van der Waals surface area contributed by atoms with E-state index in [0.717, 1.165) is 0 Å². The maximum Gasteiger partial charge on any atom is 0.200 e. The van der Waals surface area contributed by atoms with Crippen molar-refractivity contribution in [3.05, 3.63) is 57.6 Å². The van der Waals surface area contributed by atoms with E-state index in [1.807, 2.05) is 0 Å². The van der Waals surface area contributed by atoms with Crippen molar-refractivity contribution in [3.8, 4) is 17.2 Å². The normalized spacial score (nSPS) is 10.8. The van der Waals surface area contributed by atoms with Crippen LogP contribution < -0.4 is 9.47 Å². The Balaban J connectivity index is 2.28. The standard InChI is InChI=1S/C17H14Cl2O4/c1-22-15-7-10(8-16(23-2)17(15)21)3-6-14(20)11-4-5-12(18)13(19)9-11/h3-9,21H,1-2H3. The van der Waals surface area contributed by atoms with Crippen molar-refractivity contribution in [2.45, 2.75) is 0 Å². The summed E-state index contributed by atoms with van der Waals surface area (Å²) in [6, 6.07) is 7.86. The summed E-state index contributed by atoms with van der Waals surface area (Å²) in [5.74, 6) is 0.189.